The number of hydrogen-bond acceptors (Lipinski definition) is 5. The normalized spacial score (nSPS) is 10.7. The molecule has 8 heteroatoms. The third kappa shape index (κ3) is 5.64. The third-order valence-electron chi connectivity index (χ3n) is 4.57. The van der Waals surface area contributed by atoms with Crippen molar-refractivity contribution in [1.82, 2.24) is 30.4 Å². The largest absolute Gasteiger partial charge is 0.348 e. The van der Waals surface area contributed by atoms with Crippen LogP contribution in [0.3, 0.4) is 0 Å². The van der Waals surface area contributed by atoms with Crippen LogP contribution in [-0.4, -0.2) is 32.7 Å². The zero-order valence-electron chi connectivity index (χ0n) is 18.1. The number of nitrogens with one attached hydrogen (secondary N) is 2. The van der Waals surface area contributed by atoms with Crippen LogP contribution in [0.4, 0.5) is 0 Å². The molecule has 1 aromatic carbocycles. The summed E-state index contributed by atoms with van der Waals surface area (Å²) in [6, 6.07) is 10.1. The number of amides is 1. The number of aromatic nitrogens is 4. The monoisotopic (exact) mass is 428 g/mol. The van der Waals surface area contributed by atoms with Crippen LogP contribution in [0.15, 0.2) is 36.5 Å². The Labute approximate surface area is 183 Å². The van der Waals surface area contributed by atoms with Crippen molar-refractivity contribution in [3.63, 3.8) is 0 Å². The van der Waals surface area contributed by atoms with Gasteiger partial charge in [-0.1, -0.05) is 38.1 Å². The van der Waals surface area contributed by atoms with Gasteiger partial charge in [-0.25, -0.2) is 14.6 Å². The molecule has 30 heavy (non-hydrogen) atoms. The van der Waals surface area contributed by atoms with Gasteiger partial charge in [-0.3, -0.25) is 4.79 Å². The van der Waals surface area contributed by atoms with Gasteiger partial charge >= 0.3 is 0 Å². The smallest absolute Gasteiger partial charge is 0.255 e. The van der Waals surface area contributed by atoms with Gasteiger partial charge in [0.25, 0.3) is 11.9 Å². The molecular formula is C22H29ClN6O. The molecule has 160 valence electrons. The van der Waals surface area contributed by atoms with Crippen molar-refractivity contribution >= 4 is 18.3 Å². The van der Waals surface area contributed by atoms with E-state index in [1.807, 2.05) is 52.9 Å². The fraction of sp³-hybridized carbons (Fsp3) is 0.364. The minimum Gasteiger partial charge on any atom is -0.348 e. The summed E-state index contributed by atoms with van der Waals surface area (Å²) >= 11 is 0. The Balaban J connectivity index is 0.00000320. The summed E-state index contributed by atoms with van der Waals surface area (Å²) in [6.07, 6.45) is 1.72. The molecule has 0 atom stereocenters. The SMILES string of the molecule is CNCc1ccc(CNC(=O)c2cn(-c3nc(C)cc(C)n3)nc2C(C)C)cc1.Cl. The summed E-state index contributed by atoms with van der Waals surface area (Å²) in [5.41, 5.74) is 5.27. The summed E-state index contributed by atoms with van der Waals surface area (Å²) in [5, 5.41) is 10.7. The Hall–Kier alpha value is -2.77. The molecule has 2 aromatic heterocycles. The number of nitrogens with zero attached hydrogens (tertiary/aromatic N) is 4. The highest BCUT2D eigenvalue weighted by Gasteiger charge is 2.20. The Morgan fingerprint density at radius 2 is 1.60 bits per heavy atom. The average Bonchev–Trinajstić information content (AvgIpc) is 3.13. The van der Waals surface area contributed by atoms with E-state index >= 15 is 0 Å². The highest BCUT2D eigenvalue weighted by Crippen LogP contribution is 2.19. The second kappa shape index (κ2) is 10.3. The lowest BCUT2D eigenvalue weighted by molar-refractivity contribution is 0.0949. The predicted octanol–water partition coefficient (Wildman–Crippen LogP) is 3.47. The lowest BCUT2D eigenvalue weighted by atomic mass is 10.1. The molecule has 3 aromatic rings. The molecule has 0 aliphatic carbocycles. The van der Waals surface area contributed by atoms with Crippen LogP contribution in [0.25, 0.3) is 5.95 Å². The molecule has 7 nitrogen and oxygen atoms in total. The summed E-state index contributed by atoms with van der Waals surface area (Å²) in [5.74, 6) is 0.427. The van der Waals surface area contributed by atoms with Gasteiger partial charge in [0.1, 0.15) is 0 Å². The van der Waals surface area contributed by atoms with Gasteiger partial charge in [0, 0.05) is 30.7 Å². The molecule has 0 saturated carbocycles. The molecular weight excluding hydrogens is 400 g/mol. The summed E-state index contributed by atoms with van der Waals surface area (Å²) in [6.45, 7) is 9.16. The number of rotatable bonds is 7. The van der Waals surface area contributed by atoms with Crippen LogP contribution in [-0.2, 0) is 13.1 Å². The molecule has 2 N–H and O–H groups in total. The van der Waals surface area contributed by atoms with E-state index in [1.165, 1.54) is 5.56 Å². The lowest BCUT2D eigenvalue weighted by Gasteiger charge is -2.08. The number of halogens is 1. The second-order valence-electron chi connectivity index (χ2n) is 7.51. The van der Waals surface area contributed by atoms with E-state index in [9.17, 15) is 4.79 Å². The highest BCUT2D eigenvalue weighted by atomic mass is 35.5. The maximum absolute atomic E-state index is 12.9. The van der Waals surface area contributed by atoms with E-state index in [0.29, 0.717) is 18.1 Å². The molecule has 0 bridgehead atoms. The Morgan fingerprint density at radius 3 is 2.13 bits per heavy atom. The van der Waals surface area contributed by atoms with Crippen LogP contribution in [0.5, 0.6) is 0 Å². The Bertz CT molecular complexity index is 977. The molecule has 0 saturated heterocycles. The van der Waals surface area contributed by atoms with E-state index < -0.39 is 0 Å². The first-order valence-corrected chi connectivity index (χ1v) is 9.80. The van der Waals surface area contributed by atoms with Gasteiger partial charge in [0.05, 0.1) is 11.3 Å². The molecule has 0 spiro atoms. The van der Waals surface area contributed by atoms with Crippen LogP contribution >= 0.6 is 12.4 Å². The van der Waals surface area contributed by atoms with Crippen LogP contribution in [0.2, 0.25) is 0 Å². The minimum atomic E-state index is -0.149. The van der Waals surface area contributed by atoms with Crippen molar-refractivity contribution in [3.05, 3.63) is 70.3 Å². The molecule has 0 unspecified atom stereocenters. The lowest BCUT2D eigenvalue weighted by Crippen LogP contribution is -2.23. The van der Waals surface area contributed by atoms with Crippen molar-refractivity contribution in [2.45, 2.75) is 46.7 Å². The van der Waals surface area contributed by atoms with Crippen LogP contribution in [0, 0.1) is 13.8 Å². The zero-order valence-corrected chi connectivity index (χ0v) is 18.9. The van der Waals surface area contributed by atoms with Gasteiger partial charge in [-0.2, -0.15) is 5.10 Å². The first kappa shape index (κ1) is 23.5. The van der Waals surface area contributed by atoms with Gasteiger partial charge in [0.15, 0.2) is 0 Å². The fourth-order valence-corrected chi connectivity index (χ4v) is 3.16. The van der Waals surface area contributed by atoms with E-state index in [1.54, 1.807) is 10.9 Å². The maximum Gasteiger partial charge on any atom is 0.255 e. The number of hydrogen-bond donors (Lipinski definition) is 2. The molecule has 2 heterocycles. The predicted molar refractivity (Wildman–Crippen MR) is 120 cm³/mol. The maximum atomic E-state index is 12.9. The highest BCUT2D eigenvalue weighted by molar-refractivity contribution is 5.95. The van der Waals surface area contributed by atoms with Crippen molar-refractivity contribution in [1.29, 1.82) is 0 Å². The van der Waals surface area contributed by atoms with Crippen molar-refractivity contribution in [2.75, 3.05) is 7.05 Å². The van der Waals surface area contributed by atoms with E-state index in [0.717, 1.165) is 29.2 Å². The summed E-state index contributed by atoms with van der Waals surface area (Å²) in [4.78, 5) is 21.8. The van der Waals surface area contributed by atoms with Crippen LogP contribution < -0.4 is 10.6 Å². The van der Waals surface area contributed by atoms with Gasteiger partial charge in [0.2, 0.25) is 0 Å². The Morgan fingerprint density at radius 1 is 1.03 bits per heavy atom. The number of aryl methyl sites for hydroxylation is 2. The quantitative estimate of drug-likeness (QED) is 0.601. The van der Waals surface area contributed by atoms with E-state index in [2.05, 4.69) is 37.8 Å². The van der Waals surface area contributed by atoms with Crippen LogP contribution in [0.1, 0.15) is 58.3 Å². The van der Waals surface area contributed by atoms with E-state index in [4.69, 9.17) is 0 Å². The van der Waals surface area contributed by atoms with Crippen molar-refractivity contribution in [2.24, 2.45) is 0 Å². The fourth-order valence-electron chi connectivity index (χ4n) is 3.16. The number of benzene rings is 1. The number of carbonyl (C=O) groups excluding carboxylic acids is 1. The molecule has 0 fully saturated rings. The second-order valence-corrected chi connectivity index (χ2v) is 7.51. The zero-order chi connectivity index (χ0) is 21.0. The van der Waals surface area contributed by atoms with E-state index in [-0.39, 0.29) is 24.2 Å². The standard InChI is InChI=1S/C22H28N6O.ClH/c1-14(2)20-19(13-28(27-20)22-25-15(3)10-16(4)26-22)21(29)24-12-18-8-6-17(7-9-18)11-23-5;/h6-10,13-14,23H,11-12H2,1-5H3,(H,24,29);1H. The topological polar surface area (TPSA) is 84.7 Å². The summed E-state index contributed by atoms with van der Waals surface area (Å²) in [7, 11) is 1.92. The minimum absolute atomic E-state index is 0. The van der Waals surface area contributed by atoms with Crippen molar-refractivity contribution in [3.8, 4) is 5.95 Å². The average molecular weight is 429 g/mol. The van der Waals surface area contributed by atoms with Crippen molar-refractivity contribution < 1.29 is 4.79 Å². The van der Waals surface area contributed by atoms with Gasteiger partial charge in [-0.15, -0.1) is 12.4 Å². The van der Waals surface area contributed by atoms with Gasteiger partial charge < -0.3 is 10.6 Å². The third-order valence-corrected chi connectivity index (χ3v) is 4.57. The first-order valence-electron chi connectivity index (χ1n) is 9.80. The molecule has 1 amide bonds. The molecule has 0 aliphatic rings. The molecule has 3 rings (SSSR count). The summed E-state index contributed by atoms with van der Waals surface area (Å²) < 4.78 is 1.59. The Kier molecular flexibility index (Phi) is 8.08. The first-order chi connectivity index (χ1) is 13.9. The van der Waals surface area contributed by atoms with Gasteiger partial charge in [-0.05, 0) is 44.0 Å². The molecule has 0 aliphatic heterocycles. The number of carbonyl (C=O) groups is 1. The molecule has 0 radical (unpaired) electrons.